The summed E-state index contributed by atoms with van der Waals surface area (Å²) in [4.78, 5) is 11.4. The van der Waals surface area contributed by atoms with Gasteiger partial charge in [-0.15, -0.1) is 0 Å². The molecule has 1 aromatic rings. The molecule has 1 fully saturated rings. The molecule has 84 valence electrons. The van der Waals surface area contributed by atoms with Crippen LogP contribution in [0.15, 0.2) is 10.9 Å². The average Bonchev–Trinajstić information content (AvgIpc) is 2.48. The minimum atomic E-state index is 0.0986. The molecule has 2 rings (SSSR count). The SMILES string of the molecule is Cn1c(CC2CCNCC2)cc(=O)n1C. The molecule has 0 saturated carbocycles. The summed E-state index contributed by atoms with van der Waals surface area (Å²) in [5.41, 5.74) is 1.26. The third kappa shape index (κ3) is 2.15. The van der Waals surface area contributed by atoms with E-state index in [9.17, 15) is 4.79 Å². The summed E-state index contributed by atoms with van der Waals surface area (Å²) in [5.74, 6) is 0.735. The lowest BCUT2D eigenvalue weighted by atomic mass is 9.93. The van der Waals surface area contributed by atoms with Crippen LogP contribution in [0.2, 0.25) is 0 Å². The van der Waals surface area contributed by atoms with Crippen LogP contribution in [0, 0.1) is 5.92 Å². The van der Waals surface area contributed by atoms with Crippen molar-refractivity contribution in [2.45, 2.75) is 19.3 Å². The quantitative estimate of drug-likeness (QED) is 0.759. The molecular weight excluding hydrogens is 190 g/mol. The maximum atomic E-state index is 11.4. The Bertz CT molecular complexity index is 385. The van der Waals surface area contributed by atoms with Crippen molar-refractivity contribution in [2.24, 2.45) is 20.0 Å². The van der Waals surface area contributed by atoms with Gasteiger partial charge in [0, 0.05) is 25.9 Å². The Morgan fingerprint density at radius 3 is 2.53 bits per heavy atom. The van der Waals surface area contributed by atoms with Crippen molar-refractivity contribution in [3.8, 4) is 0 Å². The minimum absolute atomic E-state index is 0.0986. The predicted octanol–water partition coefficient (Wildman–Crippen LogP) is 0.266. The number of hydrogen-bond acceptors (Lipinski definition) is 2. The number of nitrogens with one attached hydrogen (secondary N) is 1. The summed E-state index contributed by atoms with van der Waals surface area (Å²) < 4.78 is 3.63. The van der Waals surface area contributed by atoms with Crippen LogP contribution in [0.4, 0.5) is 0 Å². The average molecular weight is 209 g/mol. The highest BCUT2D eigenvalue weighted by molar-refractivity contribution is 5.03. The van der Waals surface area contributed by atoms with Crippen molar-refractivity contribution in [3.05, 3.63) is 22.1 Å². The first-order chi connectivity index (χ1) is 7.18. The maximum Gasteiger partial charge on any atom is 0.266 e. The number of piperidine rings is 1. The fraction of sp³-hybridized carbons (Fsp3) is 0.727. The number of rotatable bonds is 2. The van der Waals surface area contributed by atoms with Crippen LogP contribution in [0.1, 0.15) is 18.5 Å². The van der Waals surface area contributed by atoms with E-state index >= 15 is 0 Å². The van der Waals surface area contributed by atoms with E-state index < -0.39 is 0 Å². The van der Waals surface area contributed by atoms with Crippen molar-refractivity contribution < 1.29 is 0 Å². The van der Waals surface area contributed by atoms with Gasteiger partial charge in [-0.3, -0.25) is 14.2 Å². The molecule has 0 atom stereocenters. The van der Waals surface area contributed by atoms with E-state index in [-0.39, 0.29) is 5.56 Å². The molecule has 1 N–H and O–H groups in total. The number of aromatic nitrogens is 2. The summed E-state index contributed by atoms with van der Waals surface area (Å²) in [6.07, 6.45) is 3.49. The van der Waals surface area contributed by atoms with Gasteiger partial charge in [0.25, 0.3) is 5.56 Å². The lowest BCUT2D eigenvalue weighted by Crippen LogP contribution is -2.29. The first kappa shape index (κ1) is 10.5. The number of nitrogens with zero attached hydrogens (tertiary/aromatic N) is 2. The summed E-state index contributed by atoms with van der Waals surface area (Å²) >= 11 is 0. The lowest BCUT2D eigenvalue weighted by molar-refractivity contribution is 0.363. The van der Waals surface area contributed by atoms with E-state index in [1.165, 1.54) is 12.8 Å². The molecule has 0 bridgehead atoms. The second-order valence-corrected chi connectivity index (χ2v) is 4.42. The molecule has 1 aliphatic heterocycles. The van der Waals surface area contributed by atoms with Gasteiger partial charge in [0.05, 0.1) is 0 Å². The lowest BCUT2D eigenvalue weighted by Gasteiger charge is -2.22. The molecule has 0 aliphatic carbocycles. The van der Waals surface area contributed by atoms with Gasteiger partial charge in [0.15, 0.2) is 0 Å². The third-order valence-electron chi connectivity index (χ3n) is 3.43. The van der Waals surface area contributed by atoms with Crippen molar-refractivity contribution >= 4 is 0 Å². The van der Waals surface area contributed by atoms with E-state index in [0.29, 0.717) is 0 Å². The van der Waals surface area contributed by atoms with Crippen LogP contribution in [-0.2, 0) is 20.5 Å². The molecule has 1 aliphatic rings. The fourth-order valence-corrected chi connectivity index (χ4v) is 2.24. The molecule has 0 unspecified atom stereocenters. The summed E-state index contributed by atoms with van der Waals surface area (Å²) in [6.45, 7) is 2.23. The Kier molecular flexibility index (Phi) is 2.95. The van der Waals surface area contributed by atoms with Crippen LogP contribution in [-0.4, -0.2) is 22.5 Å². The van der Waals surface area contributed by atoms with E-state index in [2.05, 4.69) is 5.32 Å². The first-order valence-electron chi connectivity index (χ1n) is 5.61. The zero-order chi connectivity index (χ0) is 10.8. The van der Waals surface area contributed by atoms with Crippen LogP contribution in [0.5, 0.6) is 0 Å². The Morgan fingerprint density at radius 1 is 1.33 bits per heavy atom. The van der Waals surface area contributed by atoms with Gasteiger partial charge in [-0.2, -0.15) is 0 Å². The highest BCUT2D eigenvalue weighted by atomic mass is 16.1. The molecule has 4 heteroatoms. The molecule has 0 spiro atoms. The van der Waals surface area contributed by atoms with E-state index in [1.807, 2.05) is 18.8 Å². The van der Waals surface area contributed by atoms with Gasteiger partial charge >= 0.3 is 0 Å². The Balaban J connectivity index is 2.09. The molecule has 1 saturated heterocycles. The zero-order valence-corrected chi connectivity index (χ0v) is 9.49. The highest BCUT2D eigenvalue weighted by Crippen LogP contribution is 2.16. The predicted molar refractivity (Wildman–Crippen MR) is 60.0 cm³/mol. The molecule has 2 heterocycles. The molecule has 4 nitrogen and oxygen atoms in total. The standard InChI is InChI=1S/C11H19N3O/c1-13-10(8-11(15)14(13)2)7-9-3-5-12-6-4-9/h8-9,12H,3-7H2,1-2H3. The topological polar surface area (TPSA) is 39.0 Å². The van der Waals surface area contributed by atoms with Gasteiger partial charge in [-0.25, -0.2) is 0 Å². The largest absolute Gasteiger partial charge is 0.317 e. The second kappa shape index (κ2) is 4.23. The van der Waals surface area contributed by atoms with Crippen LogP contribution in [0.25, 0.3) is 0 Å². The maximum absolute atomic E-state index is 11.4. The van der Waals surface area contributed by atoms with Crippen molar-refractivity contribution in [2.75, 3.05) is 13.1 Å². The van der Waals surface area contributed by atoms with Crippen molar-refractivity contribution in [1.82, 2.24) is 14.7 Å². The molecule has 15 heavy (non-hydrogen) atoms. The van der Waals surface area contributed by atoms with E-state index in [4.69, 9.17) is 0 Å². The first-order valence-corrected chi connectivity index (χ1v) is 5.61. The Morgan fingerprint density at radius 2 is 2.00 bits per heavy atom. The Hall–Kier alpha value is -1.03. The third-order valence-corrected chi connectivity index (χ3v) is 3.43. The van der Waals surface area contributed by atoms with Gasteiger partial charge < -0.3 is 5.32 Å². The number of hydrogen-bond donors (Lipinski definition) is 1. The normalized spacial score (nSPS) is 18.3. The van der Waals surface area contributed by atoms with Gasteiger partial charge in [-0.05, 0) is 38.3 Å². The highest BCUT2D eigenvalue weighted by Gasteiger charge is 2.16. The summed E-state index contributed by atoms with van der Waals surface area (Å²) in [7, 11) is 3.77. The van der Waals surface area contributed by atoms with Gasteiger partial charge in [0.1, 0.15) is 0 Å². The monoisotopic (exact) mass is 209 g/mol. The molecule has 0 radical (unpaired) electrons. The summed E-state index contributed by atoms with van der Waals surface area (Å²) in [5, 5.41) is 3.36. The second-order valence-electron chi connectivity index (χ2n) is 4.42. The molecule has 0 aromatic carbocycles. The van der Waals surface area contributed by atoms with E-state index in [0.717, 1.165) is 31.1 Å². The van der Waals surface area contributed by atoms with Crippen LogP contribution < -0.4 is 10.9 Å². The van der Waals surface area contributed by atoms with Crippen molar-refractivity contribution in [1.29, 1.82) is 0 Å². The molecule has 0 amide bonds. The minimum Gasteiger partial charge on any atom is -0.317 e. The Labute approximate surface area is 89.9 Å². The van der Waals surface area contributed by atoms with Gasteiger partial charge in [-0.1, -0.05) is 0 Å². The van der Waals surface area contributed by atoms with Crippen LogP contribution in [0.3, 0.4) is 0 Å². The zero-order valence-electron chi connectivity index (χ0n) is 9.49. The molecule has 1 aromatic heterocycles. The smallest absolute Gasteiger partial charge is 0.266 e. The van der Waals surface area contributed by atoms with Crippen LogP contribution >= 0.6 is 0 Å². The summed E-state index contributed by atoms with van der Waals surface area (Å²) in [6, 6.07) is 1.77. The van der Waals surface area contributed by atoms with E-state index in [1.54, 1.807) is 10.7 Å². The van der Waals surface area contributed by atoms with Gasteiger partial charge in [0.2, 0.25) is 0 Å². The molecular formula is C11H19N3O. The van der Waals surface area contributed by atoms with Crippen molar-refractivity contribution in [3.63, 3.8) is 0 Å². The fourth-order valence-electron chi connectivity index (χ4n) is 2.24.